The number of aliphatic carboxylic acids is 1. The zero-order valence-electron chi connectivity index (χ0n) is 8.84. The summed E-state index contributed by atoms with van der Waals surface area (Å²) in [6, 6.07) is 3.88. The van der Waals surface area contributed by atoms with Gasteiger partial charge in [0.2, 0.25) is 0 Å². The van der Waals surface area contributed by atoms with E-state index in [2.05, 4.69) is 5.32 Å². The molecule has 16 heavy (non-hydrogen) atoms. The molecule has 0 radical (unpaired) electrons. The van der Waals surface area contributed by atoms with Gasteiger partial charge in [-0.2, -0.15) is 0 Å². The lowest BCUT2D eigenvalue weighted by Crippen LogP contribution is -2.23. The number of hydrogen-bond acceptors (Lipinski definition) is 2. The van der Waals surface area contributed by atoms with E-state index in [0.29, 0.717) is 12.1 Å². The standard InChI is InChI=1S/C11H13ClFNO2/c1-2-14-10(6-11(15)16)7-3-4-9(13)8(12)5-7/h3-5,10,14H,2,6H2,1H3,(H,15,16). The first-order valence-electron chi connectivity index (χ1n) is 4.94. The van der Waals surface area contributed by atoms with Crippen molar-refractivity contribution in [2.45, 2.75) is 19.4 Å². The van der Waals surface area contributed by atoms with Crippen LogP contribution in [-0.4, -0.2) is 17.6 Å². The van der Waals surface area contributed by atoms with Crippen LogP contribution < -0.4 is 5.32 Å². The van der Waals surface area contributed by atoms with Crippen LogP contribution >= 0.6 is 11.6 Å². The fraction of sp³-hybridized carbons (Fsp3) is 0.364. The largest absolute Gasteiger partial charge is 0.481 e. The zero-order valence-corrected chi connectivity index (χ0v) is 9.59. The van der Waals surface area contributed by atoms with Gasteiger partial charge in [-0.05, 0) is 24.2 Å². The molecule has 1 aromatic carbocycles. The molecule has 0 aliphatic rings. The lowest BCUT2D eigenvalue weighted by molar-refractivity contribution is -0.137. The first-order valence-corrected chi connectivity index (χ1v) is 5.32. The summed E-state index contributed by atoms with van der Waals surface area (Å²) in [7, 11) is 0. The van der Waals surface area contributed by atoms with Gasteiger partial charge in [-0.3, -0.25) is 4.79 Å². The molecule has 0 saturated carbocycles. The van der Waals surface area contributed by atoms with Gasteiger partial charge in [0.05, 0.1) is 11.4 Å². The topological polar surface area (TPSA) is 49.3 Å². The number of carbonyl (C=O) groups is 1. The van der Waals surface area contributed by atoms with Crippen molar-refractivity contribution in [1.29, 1.82) is 0 Å². The molecular formula is C11H13ClFNO2. The van der Waals surface area contributed by atoms with Gasteiger partial charge in [-0.15, -0.1) is 0 Å². The fourth-order valence-electron chi connectivity index (χ4n) is 1.46. The molecule has 5 heteroatoms. The van der Waals surface area contributed by atoms with Crippen LogP contribution in [0.3, 0.4) is 0 Å². The molecule has 0 heterocycles. The molecule has 0 bridgehead atoms. The molecule has 0 aliphatic carbocycles. The van der Waals surface area contributed by atoms with Gasteiger partial charge in [-0.25, -0.2) is 4.39 Å². The van der Waals surface area contributed by atoms with Crippen molar-refractivity contribution in [3.05, 3.63) is 34.6 Å². The third kappa shape index (κ3) is 3.47. The predicted octanol–water partition coefficient (Wildman–Crippen LogP) is 2.60. The van der Waals surface area contributed by atoms with Gasteiger partial charge in [-0.1, -0.05) is 24.6 Å². The molecule has 0 aliphatic heterocycles. The van der Waals surface area contributed by atoms with Crippen LogP contribution in [0.15, 0.2) is 18.2 Å². The van der Waals surface area contributed by atoms with E-state index in [1.54, 1.807) is 0 Å². The van der Waals surface area contributed by atoms with Crippen molar-refractivity contribution >= 4 is 17.6 Å². The highest BCUT2D eigenvalue weighted by Gasteiger charge is 2.15. The maximum absolute atomic E-state index is 12.9. The van der Waals surface area contributed by atoms with Gasteiger partial charge in [0.25, 0.3) is 0 Å². The molecule has 3 nitrogen and oxygen atoms in total. The molecule has 0 aromatic heterocycles. The van der Waals surface area contributed by atoms with E-state index >= 15 is 0 Å². The van der Waals surface area contributed by atoms with Crippen molar-refractivity contribution in [2.75, 3.05) is 6.54 Å². The maximum Gasteiger partial charge on any atom is 0.305 e. The summed E-state index contributed by atoms with van der Waals surface area (Å²) in [6.45, 7) is 2.51. The van der Waals surface area contributed by atoms with Gasteiger partial charge < -0.3 is 10.4 Å². The Kier molecular flexibility index (Phi) is 4.71. The first-order chi connectivity index (χ1) is 7.54. The number of halogens is 2. The highest BCUT2D eigenvalue weighted by atomic mass is 35.5. The minimum atomic E-state index is -0.911. The van der Waals surface area contributed by atoms with Crippen molar-refractivity contribution < 1.29 is 14.3 Å². The summed E-state index contributed by atoms with van der Waals surface area (Å²) in [5, 5.41) is 11.8. The summed E-state index contributed by atoms with van der Waals surface area (Å²) >= 11 is 5.64. The fourth-order valence-corrected chi connectivity index (χ4v) is 1.65. The van der Waals surface area contributed by atoms with Crippen LogP contribution in [0.2, 0.25) is 5.02 Å². The molecular weight excluding hydrogens is 233 g/mol. The molecule has 1 aromatic rings. The second-order valence-electron chi connectivity index (χ2n) is 3.38. The summed E-state index contributed by atoms with van der Waals surface area (Å²) in [5.41, 5.74) is 0.677. The predicted molar refractivity (Wildman–Crippen MR) is 60.1 cm³/mol. The van der Waals surface area contributed by atoms with E-state index in [-0.39, 0.29) is 17.5 Å². The van der Waals surface area contributed by atoms with Gasteiger partial charge >= 0.3 is 5.97 Å². The number of rotatable bonds is 5. The van der Waals surface area contributed by atoms with Crippen LogP contribution in [-0.2, 0) is 4.79 Å². The van der Waals surface area contributed by atoms with Crippen LogP contribution in [0.1, 0.15) is 24.9 Å². The number of carboxylic acid groups (broad SMARTS) is 1. The second-order valence-corrected chi connectivity index (χ2v) is 3.79. The summed E-state index contributed by atoms with van der Waals surface area (Å²) in [5.74, 6) is -1.41. The lowest BCUT2D eigenvalue weighted by Gasteiger charge is -2.16. The second kappa shape index (κ2) is 5.82. The average molecular weight is 246 g/mol. The Morgan fingerprint density at radius 3 is 2.81 bits per heavy atom. The van der Waals surface area contributed by atoms with Crippen LogP contribution in [0, 0.1) is 5.82 Å². The Morgan fingerprint density at radius 1 is 1.62 bits per heavy atom. The first kappa shape index (κ1) is 12.9. The molecule has 2 N–H and O–H groups in total. The van der Waals surface area contributed by atoms with Crippen molar-refractivity contribution in [2.24, 2.45) is 0 Å². The van der Waals surface area contributed by atoms with E-state index in [0.717, 1.165) is 0 Å². The minimum Gasteiger partial charge on any atom is -0.481 e. The average Bonchev–Trinajstić information content (AvgIpc) is 2.21. The Morgan fingerprint density at radius 2 is 2.31 bits per heavy atom. The van der Waals surface area contributed by atoms with Crippen LogP contribution in [0.5, 0.6) is 0 Å². The Bertz CT molecular complexity index is 384. The van der Waals surface area contributed by atoms with E-state index in [1.165, 1.54) is 18.2 Å². The highest BCUT2D eigenvalue weighted by Crippen LogP contribution is 2.22. The van der Waals surface area contributed by atoms with E-state index in [1.807, 2.05) is 6.92 Å². The van der Waals surface area contributed by atoms with E-state index in [4.69, 9.17) is 16.7 Å². The maximum atomic E-state index is 12.9. The molecule has 0 spiro atoms. The van der Waals surface area contributed by atoms with E-state index < -0.39 is 11.8 Å². The Balaban J connectivity index is 2.91. The number of nitrogens with one attached hydrogen (secondary N) is 1. The molecule has 1 rings (SSSR count). The Hall–Kier alpha value is -1.13. The van der Waals surface area contributed by atoms with E-state index in [9.17, 15) is 9.18 Å². The summed E-state index contributed by atoms with van der Waals surface area (Å²) in [6.07, 6.45) is -0.0597. The van der Waals surface area contributed by atoms with Gasteiger partial charge in [0.1, 0.15) is 5.82 Å². The normalized spacial score (nSPS) is 12.4. The molecule has 0 saturated heterocycles. The monoisotopic (exact) mass is 245 g/mol. The zero-order chi connectivity index (χ0) is 12.1. The number of carboxylic acids is 1. The minimum absolute atomic E-state index is 0.00536. The molecule has 88 valence electrons. The number of hydrogen-bond donors (Lipinski definition) is 2. The van der Waals surface area contributed by atoms with Crippen LogP contribution in [0.4, 0.5) is 4.39 Å². The van der Waals surface area contributed by atoms with Crippen molar-refractivity contribution in [3.8, 4) is 0 Å². The summed E-state index contributed by atoms with van der Waals surface area (Å²) in [4.78, 5) is 10.7. The summed E-state index contributed by atoms with van der Waals surface area (Å²) < 4.78 is 12.9. The Labute approximate surface area is 98.2 Å². The smallest absolute Gasteiger partial charge is 0.305 e. The van der Waals surface area contributed by atoms with Gasteiger partial charge in [0, 0.05) is 6.04 Å². The number of benzene rings is 1. The highest BCUT2D eigenvalue weighted by molar-refractivity contribution is 6.30. The SMILES string of the molecule is CCNC(CC(=O)O)c1ccc(F)c(Cl)c1. The molecule has 1 atom stereocenters. The third-order valence-corrected chi connectivity index (χ3v) is 2.46. The third-order valence-electron chi connectivity index (χ3n) is 2.18. The molecule has 1 unspecified atom stereocenters. The van der Waals surface area contributed by atoms with Crippen molar-refractivity contribution in [3.63, 3.8) is 0 Å². The lowest BCUT2D eigenvalue weighted by atomic mass is 10.0. The quantitative estimate of drug-likeness (QED) is 0.838. The van der Waals surface area contributed by atoms with Gasteiger partial charge in [0.15, 0.2) is 0 Å². The van der Waals surface area contributed by atoms with Crippen LogP contribution in [0.25, 0.3) is 0 Å². The van der Waals surface area contributed by atoms with Crippen molar-refractivity contribution in [1.82, 2.24) is 5.32 Å². The molecule has 0 amide bonds. The molecule has 0 fully saturated rings.